The Bertz CT molecular complexity index is 610. The summed E-state index contributed by atoms with van der Waals surface area (Å²) in [6.07, 6.45) is 0.320. The molecule has 5 heteroatoms. The summed E-state index contributed by atoms with van der Waals surface area (Å²) < 4.78 is 5.72. The number of carbonyl (C=O) groups is 1. The number of hydrogen-bond donors (Lipinski definition) is 2. The van der Waals surface area contributed by atoms with Gasteiger partial charge in [0.2, 0.25) is 0 Å². The van der Waals surface area contributed by atoms with E-state index in [1.807, 2.05) is 36.6 Å². The van der Waals surface area contributed by atoms with Gasteiger partial charge in [-0.25, -0.2) is 0 Å². The predicted molar refractivity (Wildman–Crippen MR) is 92.9 cm³/mol. The number of thiophene rings is 1. The lowest BCUT2D eigenvalue weighted by atomic mass is 10.0. The van der Waals surface area contributed by atoms with E-state index in [4.69, 9.17) is 4.74 Å². The molecule has 0 aliphatic carbocycles. The second-order valence-corrected chi connectivity index (χ2v) is 6.83. The Labute approximate surface area is 141 Å². The van der Waals surface area contributed by atoms with Crippen molar-refractivity contribution in [3.8, 4) is 5.75 Å². The first-order valence-corrected chi connectivity index (χ1v) is 8.64. The lowest BCUT2D eigenvalue weighted by Crippen LogP contribution is -2.29. The van der Waals surface area contributed by atoms with Crippen LogP contribution in [0.1, 0.15) is 35.5 Å². The van der Waals surface area contributed by atoms with Crippen molar-refractivity contribution in [2.75, 3.05) is 6.54 Å². The summed E-state index contributed by atoms with van der Waals surface area (Å²) in [5.74, 6) is 0.796. The fraction of sp³-hybridized carbons (Fsp3) is 0.389. The van der Waals surface area contributed by atoms with Gasteiger partial charge in [0.25, 0.3) is 5.91 Å². The molecule has 23 heavy (non-hydrogen) atoms. The number of amides is 1. The lowest BCUT2D eigenvalue weighted by Gasteiger charge is -2.14. The molecule has 2 N–H and O–H groups in total. The van der Waals surface area contributed by atoms with E-state index < -0.39 is 0 Å². The molecule has 4 nitrogen and oxygen atoms in total. The molecule has 0 aliphatic heterocycles. The van der Waals surface area contributed by atoms with Crippen LogP contribution in [0.4, 0.5) is 0 Å². The minimum atomic E-state index is -0.351. The van der Waals surface area contributed by atoms with Crippen LogP contribution in [-0.4, -0.2) is 23.7 Å². The summed E-state index contributed by atoms with van der Waals surface area (Å²) in [6, 6.07) is 11.2. The van der Waals surface area contributed by atoms with Crippen molar-refractivity contribution < 1.29 is 14.6 Å². The van der Waals surface area contributed by atoms with Crippen molar-refractivity contribution in [3.63, 3.8) is 0 Å². The number of hydrogen-bond acceptors (Lipinski definition) is 4. The highest BCUT2D eigenvalue weighted by Gasteiger charge is 2.10. The SMILES string of the molecule is CC(O)CC(C)CNC(=O)c1cccc(OCc2cccs2)c1. The third kappa shape index (κ3) is 6.04. The van der Waals surface area contributed by atoms with Crippen LogP contribution in [0.15, 0.2) is 41.8 Å². The summed E-state index contributed by atoms with van der Waals surface area (Å²) >= 11 is 1.64. The number of benzene rings is 1. The normalized spacial score (nSPS) is 13.3. The van der Waals surface area contributed by atoms with Crippen molar-refractivity contribution in [2.45, 2.75) is 33.0 Å². The number of aliphatic hydroxyl groups is 1. The van der Waals surface area contributed by atoms with E-state index in [0.717, 1.165) is 4.88 Å². The minimum absolute atomic E-state index is 0.121. The van der Waals surface area contributed by atoms with Gasteiger partial charge in [0.15, 0.2) is 0 Å². The molecule has 2 aromatic rings. The van der Waals surface area contributed by atoms with Crippen molar-refractivity contribution in [1.82, 2.24) is 5.32 Å². The Morgan fingerprint density at radius 2 is 2.13 bits per heavy atom. The third-order valence-corrected chi connectivity index (χ3v) is 4.26. The molecule has 0 fully saturated rings. The first-order valence-electron chi connectivity index (χ1n) is 7.76. The fourth-order valence-corrected chi connectivity index (χ4v) is 2.93. The van der Waals surface area contributed by atoms with Crippen molar-refractivity contribution >= 4 is 17.2 Å². The monoisotopic (exact) mass is 333 g/mol. The largest absolute Gasteiger partial charge is 0.488 e. The quantitative estimate of drug-likeness (QED) is 0.778. The van der Waals surface area contributed by atoms with E-state index in [9.17, 15) is 9.90 Å². The summed E-state index contributed by atoms with van der Waals surface area (Å²) in [6.45, 7) is 4.82. The van der Waals surface area contributed by atoms with Gasteiger partial charge in [-0.1, -0.05) is 19.1 Å². The summed E-state index contributed by atoms with van der Waals surface area (Å²) in [5.41, 5.74) is 0.581. The average molecular weight is 333 g/mol. The van der Waals surface area contributed by atoms with Gasteiger partial charge in [-0.05, 0) is 48.9 Å². The van der Waals surface area contributed by atoms with Gasteiger partial charge in [-0.15, -0.1) is 11.3 Å². The number of nitrogens with one attached hydrogen (secondary N) is 1. The molecule has 0 aliphatic rings. The number of carbonyl (C=O) groups excluding carboxylic acids is 1. The number of aliphatic hydroxyl groups excluding tert-OH is 1. The zero-order valence-corrected chi connectivity index (χ0v) is 14.3. The van der Waals surface area contributed by atoms with Crippen LogP contribution in [0.3, 0.4) is 0 Å². The maximum absolute atomic E-state index is 12.2. The van der Waals surface area contributed by atoms with Gasteiger partial charge in [0.1, 0.15) is 12.4 Å². The molecule has 0 saturated carbocycles. The Morgan fingerprint density at radius 1 is 1.30 bits per heavy atom. The van der Waals surface area contributed by atoms with E-state index in [-0.39, 0.29) is 17.9 Å². The van der Waals surface area contributed by atoms with E-state index in [0.29, 0.717) is 30.9 Å². The zero-order chi connectivity index (χ0) is 16.7. The van der Waals surface area contributed by atoms with Crippen molar-refractivity contribution in [2.24, 2.45) is 5.92 Å². The molecule has 1 aromatic carbocycles. The van der Waals surface area contributed by atoms with Gasteiger partial charge in [0.05, 0.1) is 6.10 Å². The van der Waals surface area contributed by atoms with Crippen LogP contribution < -0.4 is 10.1 Å². The Hall–Kier alpha value is -1.85. The molecule has 124 valence electrons. The van der Waals surface area contributed by atoms with Gasteiger partial charge in [-0.2, -0.15) is 0 Å². The fourth-order valence-electron chi connectivity index (χ4n) is 2.31. The zero-order valence-electron chi connectivity index (χ0n) is 13.5. The second-order valence-electron chi connectivity index (χ2n) is 5.80. The summed E-state index contributed by atoms with van der Waals surface area (Å²) in [7, 11) is 0. The van der Waals surface area contributed by atoms with Gasteiger partial charge in [0, 0.05) is 17.0 Å². The molecule has 1 aromatic heterocycles. The standard InChI is InChI=1S/C18H23NO3S/c1-13(9-14(2)20)11-19-18(21)15-5-3-6-16(10-15)22-12-17-7-4-8-23-17/h3-8,10,13-14,20H,9,11-12H2,1-2H3,(H,19,21). The third-order valence-electron chi connectivity index (χ3n) is 3.41. The molecular weight excluding hydrogens is 310 g/mol. The molecule has 1 heterocycles. The summed E-state index contributed by atoms with van der Waals surface area (Å²) in [4.78, 5) is 13.3. The van der Waals surface area contributed by atoms with E-state index in [1.165, 1.54) is 0 Å². The topological polar surface area (TPSA) is 58.6 Å². The molecule has 2 rings (SSSR count). The predicted octanol–water partition coefficient (Wildman–Crippen LogP) is 3.46. The van der Waals surface area contributed by atoms with Crippen LogP contribution in [-0.2, 0) is 6.61 Å². The van der Waals surface area contributed by atoms with Crippen LogP contribution in [0.25, 0.3) is 0 Å². The lowest BCUT2D eigenvalue weighted by molar-refractivity contribution is 0.0939. The Kier molecular flexibility index (Phi) is 6.62. The molecular formula is C18H23NO3S. The van der Waals surface area contributed by atoms with Crippen molar-refractivity contribution in [1.29, 1.82) is 0 Å². The van der Waals surface area contributed by atoms with E-state index >= 15 is 0 Å². The highest BCUT2D eigenvalue weighted by atomic mass is 32.1. The Balaban J connectivity index is 1.86. The highest BCUT2D eigenvalue weighted by Crippen LogP contribution is 2.17. The average Bonchev–Trinajstić information content (AvgIpc) is 3.03. The van der Waals surface area contributed by atoms with Crippen LogP contribution in [0.2, 0.25) is 0 Å². The maximum Gasteiger partial charge on any atom is 0.251 e. The van der Waals surface area contributed by atoms with Gasteiger partial charge in [-0.3, -0.25) is 4.79 Å². The molecule has 2 unspecified atom stereocenters. The molecule has 0 saturated heterocycles. The van der Waals surface area contributed by atoms with Gasteiger partial charge >= 0.3 is 0 Å². The number of ether oxygens (including phenoxy) is 1. The Morgan fingerprint density at radius 3 is 2.83 bits per heavy atom. The van der Waals surface area contributed by atoms with Crippen LogP contribution in [0, 0.1) is 5.92 Å². The highest BCUT2D eigenvalue weighted by molar-refractivity contribution is 7.09. The second kappa shape index (κ2) is 8.70. The summed E-state index contributed by atoms with van der Waals surface area (Å²) in [5, 5.41) is 14.3. The number of rotatable bonds is 8. The van der Waals surface area contributed by atoms with Gasteiger partial charge < -0.3 is 15.2 Å². The molecule has 0 spiro atoms. The van der Waals surface area contributed by atoms with E-state index in [2.05, 4.69) is 5.32 Å². The van der Waals surface area contributed by atoms with Crippen LogP contribution in [0.5, 0.6) is 5.75 Å². The first kappa shape index (κ1) is 17.5. The molecule has 1 amide bonds. The van der Waals surface area contributed by atoms with E-state index in [1.54, 1.807) is 30.4 Å². The maximum atomic E-state index is 12.2. The van der Waals surface area contributed by atoms with Crippen LogP contribution >= 0.6 is 11.3 Å². The smallest absolute Gasteiger partial charge is 0.251 e. The molecule has 0 bridgehead atoms. The van der Waals surface area contributed by atoms with Crippen molar-refractivity contribution in [3.05, 3.63) is 52.2 Å². The first-order chi connectivity index (χ1) is 11.0. The minimum Gasteiger partial charge on any atom is -0.488 e. The molecule has 2 atom stereocenters. The molecule has 0 radical (unpaired) electrons.